The van der Waals surface area contributed by atoms with Crippen molar-refractivity contribution < 1.29 is 9.47 Å². The quantitative estimate of drug-likeness (QED) is 0.812. The molecule has 1 heterocycles. The fourth-order valence-electron chi connectivity index (χ4n) is 1.04. The van der Waals surface area contributed by atoms with E-state index in [1.165, 1.54) is 0 Å². The standard InChI is InChI=1S/C9H14BrNO2S/c1-12-4-5-13-7(6-11)8-2-3-9(10)14-8/h2-3,7H,4-6,11H2,1H3. The van der Waals surface area contributed by atoms with Crippen molar-refractivity contribution >= 4 is 27.3 Å². The lowest BCUT2D eigenvalue weighted by Gasteiger charge is -2.13. The molecule has 0 aliphatic rings. The maximum atomic E-state index is 5.62. The van der Waals surface area contributed by atoms with Crippen molar-refractivity contribution in [3.63, 3.8) is 0 Å². The zero-order valence-electron chi connectivity index (χ0n) is 8.03. The smallest absolute Gasteiger partial charge is 0.104 e. The van der Waals surface area contributed by atoms with E-state index in [1.807, 2.05) is 12.1 Å². The fourth-order valence-corrected chi connectivity index (χ4v) is 2.53. The van der Waals surface area contributed by atoms with Crippen LogP contribution in [0.15, 0.2) is 15.9 Å². The highest BCUT2D eigenvalue weighted by Crippen LogP contribution is 2.28. The van der Waals surface area contributed by atoms with Crippen molar-refractivity contribution in [1.82, 2.24) is 0 Å². The van der Waals surface area contributed by atoms with Crippen LogP contribution < -0.4 is 5.73 Å². The summed E-state index contributed by atoms with van der Waals surface area (Å²) in [6.45, 7) is 1.67. The van der Waals surface area contributed by atoms with Crippen LogP contribution in [0.2, 0.25) is 0 Å². The van der Waals surface area contributed by atoms with Crippen LogP contribution in [0, 0.1) is 0 Å². The molecule has 1 aromatic heterocycles. The van der Waals surface area contributed by atoms with Crippen molar-refractivity contribution in [3.8, 4) is 0 Å². The molecule has 80 valence electrons. The Hall–Kier alpha value is 0.0600. The SMILES string of the molecule is COCCOC(CN)c1ccc(Br)s1. The first-order valence-electron chi connectivity index (χ1n) is 4.33. The summed E-state index contributed by atoms with van der Waals surface area (Å²) >= 11 is 5.06. The third-order valence-corrected chi connectivity index (χ3v) is 3.45. The number of hydrogen-bond donors (Lipinski definition) is 1. The first-order chi connectivity index (χ1) is 6.77. The van der Waals surface area contributed by atoms with E-state index in [-0.39, 0.29) is 6.10 Å². The van der Waals surface area contributed by atoms with E-state index >= 15 is 0 Å². The Labute approximate surface area is 96.3 Å². The highest BCUT2D eigenvalue weighted by molar-refractivity contribution is 9.11. The minimum atomic E-state index is -0.0125. The molecule has 3 nitrogen and oxygen atoms in total. The Balaban J connectivity index is 2.45. The average Bonchev–Trinajstić information content (AvgIpc) is 2.60. The van der Waals surface area contributed by atoms with Crippen molar-refractivity contribution in [3.05, 3.63) is 20.8 Å². The van der Waals surface area contributed by atoms with Crippen LogP contribution in [0.5, 0.6) is 0 Å². The summed E-state index contributed by atoms with van der Waals surface area (Å²) in [6.07, 6.45) is -0.0125. The van der Waals surface area contributed by atoms with Crippen LogP contribution in [0.25, 0.3) is 0 Å². The Kier molecular flexibility index (Phi) is 5.66. The van der Waals surface area contributed by atoms with Crippen LogP contribution in [0.1, 0.15) is 11.0 Å². The lowest BCUT2D eigenvalue weighted by Crippen LogP contribution is -2.16. The molecule has 1 rings (SSSR count). The van der Waals surface area contributed by atoms with E-state index in [4.69, 9.17) is 15.2 Å². The van der Waals surface area contributed by atoms with Gasteiger partial charge in [0.25, 0.3) is 0 Å². The van der Waals surface area contributed by atoms with Gasteiger partial charge < -0.3 is 15.2 Å². The summed E-state index contributed by atoms with van der Waals surface area (Å²) in [4.78, 5) is 1.15. The molecular formula is C9H14BrNO2S. The van der Waals surface area contributed by atoms with Crippen LogP contribution in [0.4, 0.5) is 0 Å². The van der Waals surface area contributed by atoms with Crippen molar-refractivity contribution in [2.75, 3.05) is 26.9 Å². The zero-order valence-corrected chi connectivity index (χ0v) is 10.4. The molecule has 0 bridgehead atoms. The number of halogens is 1. The molecule has 0 amide bonds. The average molecular weight is 280 g/mol. The van der Waals surface area contributed by atoms with Gasteiger partial charge >= 0.3 is 0 Å². The molecule has 14 heavy (non-hydrogen) atoms. The number of hydrogen-bond acceptors (Lipinski definition) is 4. The van der Waals surface area contributed by atoms with Gasteiger partial charge in [-0.15, -0.1) is 11.3 Å². The van der Waals surface area contributed by atoms with Gasteiger partial charge in [0, 0.05) is 18.5 Å². The second kappa shape index (κ2) is 6.53. The number of methoxy groups -OCH3 is 1. The van der Waals surface area contributed by atoms with Gasteiger partial charge in [-0.25, -0.2) is 0 Å². The van der Waals surface area contributed by atoms with Gasteiger partial charge in [0.15, 0.2) is 0 Å². The molecule has 0 aliphatic carbocycles. The van der Waals surface area contributed by atoms with E-state index < -0.39 is 0 Å². The second-order valence-electron chi connectivity index (χ2n) is 2.73. The van der Waals surface area contributed by atoms with Crippen molar-refractivity contribution in [1.29, 1.82) is 0 Å². The van der Waals surface area contributed by atoms with Gasteiger partial charge in [-0.1, -0.05) is 0 Å². The maximum Gasteiger partial charge on any atom is 0.104 e. The predicted molar refractivity (Wildman–Crippen MR) is 61.6 cm³/mol. The molecule has 2 N–H and O–H groups in total. The van der Waals surface area contributed by atoms with E-state index in [9.17, 15) is 0 Å². The molecule has 5 heteroatoms. The van der Waals surface area contributed by atoms with Gasteiger partial charge in [-0.05, 0) is 28.1 Å². The molecule has 1 atom stereocenters. The number of nitrogens with two attached hydrogens (primary N) is 1. The minimum absolute atomic E-state index is 0.0125. The van der Waals surface area contributed by atoms with Crippen LogP contribution in [-0.2, 0) is 9.47 Å². The Morgan fingerprint density at radius 1 is 1.50 bits per heavy atom. The maximum absolute atomic E-state index is 5.62. The third-order valence-electron chi connectivity index (χ3n) is 1.73. The van der Waals surface area contributed by atoms with Crippen LogP contribution >= 0.6 is 27.3 Å². The summed E-state index contributed by atoms with van der Waals surface area (Å²) in [5.74, 6) is 0. The highest BCUT2D eigenvalue weighted by Gasteiger charge is 2.11. The molecule has 0 fully saturated rings. The number of rotatable bonds is 6. The largest absolute Gasteiger partial charge is 0.382 e. The summed E-state index contributed by atoms with van der Waals surface area (Å²) in [6, 6.07) is 4.03. The molecule has 0 saturated carbocycles. The number of ether oxygens (including phenoxy) is 2. The molecular weight excluding hydrogens is 266 g/mol. The lowest BCUT2D eigenvalue weighted by molar-refractivity contribution is 0.0224. The molecule has 0 radical (unpaired) electrons. The van der Waals surface area contributed by atoms with E-state index in [2.05, 4.69) is 15.9 Å². The number of thiophene rings is 1. The normalized spacial score (nSPS) is 13.1. The molecule has 0 saturated heterocycles. The van der Waals surface area contributed by atoms with E-state index in [0.717, 1.165) is 8.66 Å². The summed E-state index contributed by atoms with van der Waals surface area (Å²) in [5, 5.41) is 0. The van der Waals surface area contributed by atoms with Gasteiger partial charge in [0.1, 0.15) is 6.10 Å². The Morgan fingerprint density at radius 2 is 2.29 bits per heavy atom. The van der Waals surface area contributed by atoms with Crippen LogP contribution in [-0.4, -0.2) is 26.9 Å². The first-order valence-corrected chi connectivity index (χ1v) is 5.94. The molecule has 1 aromatic rings. The third kappa shape index (κ3) is 3.67. The van der Waals surface area contributed by atoms with E-state index in [1.54, 1.807) is 18.4 Å². The monoisotopic (exact) mass is 279 g/mol. The van der Waals surface area contributed by atoms with Gasteiger partial charge in [-0.3, -0.25) is 0 Å². The summed E-state index contributed by atoms with van der Waals surface area (Å²) < 4.78 is 11.6. The van der Waals surface area contributed by atoms with E-state index in [0.29, 0.717) is 19.8 Å². The Morgan fingerprint density at radius 3 is 2.79 bits per heavy atom. The van der Waals surface area contributed by atoms with Gasteiger partial charge in [0.05, 0.1) is 17.0 Å². The highest BCUT2D eigenvalue weighted by atomic mass is 79.9. The molecule has 0 spiro atoms. The summed E-state index contributed by atoms with van der Waals surface area (Å²) in [5.41, 5.74) is 5.62. The van der Waals surface area contributed by atoms with Gasteiger partial charge in [-0.2, -0.15) is 0 Å². The van der Waals surface area contributed by atoms with Crippen LogP contribution in [0.3, 0.4) is 0 Å². The summed E-state index contributed by atoms with van der Waals surface area (Å²) in [7, 11) is 1.66. The van der Waals surface area contributed by atoms with Crippen molar-refractivity contribution in [2.45, 2.75) is 6.10 Å². The second-order valence-corrected chi connectivity index (χ2v) is 5.22. The molecule has 1 unspecified atom stereocenters. The molecule has 0 aliphatic heterocycles. The zero-order chi connectivity index (χ0) is 10.4. The first kappa shape index (κ1) is 12.1. The Bertz CT molecular complexity index is 267. The van der Waals surface area contributed by atoms with Crippen molar-refractivity contribution in [2.24, 2.45) is 5.73 Å². The topological polar surface area (TPSA) is 44.5 Å². The molecule has 0 aromatic carbocycles. The minimum Gasteiger partial charge on any atom is -0.382 e. The lowest BCUT2D eigenvalue weighted by atomic mass is 10.3. The fraction of sp³-hybridized carbons (Fsp3) is 0.556. The van der Waals surface area contributed by atoms with Gasteiger partial charge in [0.2, 0.25) is 0 Å². The predicted octanol–water partition coefficient (Wildman–Crippen LogP) is 2.17.